The normalized spacial score (nSPS) is 16.3. The molecule has 0 spiro atoms. The van der Waals surface area contributed by atoms with Gasteiger partial charge in [-0.1, -0.05) is 0 Å². The fourth-order valence-corrected chi connectivity index (χ4v) is 4.19. The van der Waals surface area contributed by atoms with Gasteiger partial charge in [0.2, 0.25) is 0 Å². The van der Waals surface area contributed by atoms with Crippen molar-refractivity contribution in [2.45, 2.75) is 18.8 Å². The maximum Gasteiger partial charge on any atom is 0.253 e. The van der Waals surface area contributed by atoms with Gasteiger partial charge in [0.1, 0.15) is 11.6 Å². The monoisotopic (exact) mass is 431 g/mol. The average molecular weight is 431 g/mol. The highest BCUT2D eigenvalue weighted by atomic mass is 19.1. The molecule has 1 aliphatic rings. The third kappa shape index (κ3) is 3.79. The number of carbonyl (C=O) groups excluding carboxylic acids is 1. The number of ether oxygens (including phenoxy) is 1. The maximum atomic E-state index is 13.8. The third-order valence-corrected chi connectivity index (χ3v) is 5.82. The number of hydrogen-bond acceptors (Lipinski definition) is 5. The Morgan fingerprint density at radius 2 is 2.00 bits per heavy atom. The Morgan fingerprint density at radius 1 is 1.16 bits per heavy atom. The minimum absolute atomic E-state index is 0.00125. The van der Waals surface area contributed by atoms with Crippen molar-refractivity contribution in [2.75, 3.05) is 20.2 Å². The lowest BCUT2D eigenvalue weighted by Crippen LogP contribution is -2.39. The lowest BCUT2D eigenvalue weighted by Gasteiger charge is -2.31. The molecule has 8 heteroatoms. The molecule has 0 bridgehead atoms. The van der Waals surface area contributed by atoms with Gasteiger partial charge in [-0.05, 0) is 55.3 Å². The zero-order valence-electron chi connectivity index (χ0n) is 17.6. The smallest absolute Gasteiger partial charge is 0.253 e. The number of piperidine rings is 1. The van der Waals surface area contributed by atoms with E-state index in [0.717, 1.165) is 18.4 Å². The van der Waals surface area contributed by atoms with Crippen LogP contribution in [0.25, 0.3) is 16.8 Å². The van der Waals surface area contributed by atoms with E-state index >= 15 is 0 Å². The Labute approximate surface area is 184 Å². The fraction of sp³-hybridized carbons (Fsp3) is 0.250. The molecule has 1 fully saturated rings. The topological polar surface area (TPSA) is 72.6 Å². The summed E-state index contributed by atoms with van der Waals surface area (Å²) >= 11 is 0. The molecule has 0 radical (unpaired) electrons. The van der Waals surface area contributed by atoms with Gasteiger partial charge in [-0.2, -0.15) is 5.10 Å². The van der Waals surface area contributed by atoms with Crippen LogP contribution >= 0.6 is 0 Å². The van der Waals surface area contributed by atoms with Crippen LogP contribution < -0.4 is 4.74 Å². The number of carbonyl (C=O) groups is 1. The molecule has 162 valence electrons. The summed E-state index contributed by atoms with van der Waals surface area (Å²) in [6.45, 7) is 1.29. The zero-order chi connectivity index (χ0) is 22.1. The van der Waals surface area contributed by atoms with Crippen molar-refractivity contribution < 1.29 is 13.9 Å². The molecule has 4 aromatic rings. The summed E-state index contributed by atoms with van der Waals surface area (Å²) in [5.41, 5.74) is 2.77. The van der Waals surface area contributed by atoms with Crippen LogP contribution in [0, 0.1) is 5.82 Å². The lowest BCUT2D eigenvalue weighted by molar-refractivity contribution is 0.0704. The molecule has 0 aliphatic carbocycles. The highest BCUT2D eigenvalue weighted by molar-refractivity contribution is 5.94. The Balaban J connectivity index is 1.42. The molecule has 1 saturated heterocycles. The van der Waals surface area contributed by atoms with Crippen LogP contribution in [0.3, 0.4) is 0 Å². The second-order valence-corrected chi connectivity index (χ2v) is 7.86. The Bertz CT molecular complexity index is 1270. The SMILES string of the molecule is COc1ccc(F)cc1-c1ccc2nc([C@@H]3CCCN(C(=O)c4ccncc4)C3)nn2c1. The van der Waals surface area contributed by atoms with Crippen molar-refractivity contribution in [3.05, 3.63) is 78.3 Å². The molecule has 1 aliphatic heterocycles. The quantitative estimate of drug-likeness (QED) is 0.489. The highest BCUT2D eigenvalue weighted by Crippen LogP contribution is 2.31. The first-order valence-electron chi connectivity index (χ1n) is 10.5. The van der Waals surface area contributed by atoms with Gasteiger partial charge in [0.25, 0.3) is 5.91 Å². The number of benzene rings is 1. The number of hydrogen-bond donors (Lipinski definition) is 0. The summed E-state index contributed by atoms with van der Waals surface area (Å²) in [4.78, 5) is 23.4. The number of nitrogens with zero attached hydrogens (tertiary/aromatic N) is 5. The molecule has 4 heterocycles. The van der Waals surface area contributed by atoms with E-state index in [2.05, 4.69) is 4.98 Å². The van der Waals surface area contributed by atoms with Crippen LogP contribution in [-0.2, 0) is 0 Å². The first-order chi connectivity index (χ1) is 15.6. The van der Waals surface area contributed by atoms with Gasteiger partial charge in [0, 0.05) is 54.3 Å². The molecule has 1 amide bonds. The Kier molecular flexibility index (Phi) is 5.26. The second-order valence-electron chi connectivity index (χ2n) is 7.86. The average Bonchev–Trinajstić information content (AvgIpc) is 3.28. The summed E-state index contributed by atoms with van der Waals surface area (Å²) < 4.78 is 20.9. The number of fused-ring (bicyclic) bond motifs is 1. The van der Waals surface area contributed by atoms with Gasteiger partial charge in [-0.15, -0.1) is 0 Å². The number of aromatic nitrogens is 4. The van der Waals surface area contributed by atoms with Crippen LogP contribution in [0.2, 0.25) is 0 Å². The first-order valence-corrected chi connectivity index (χ1v) is 10.5. The Hall–Kier alpha value is -3.81. The Morgan fingerprint density at radius 3 is 2.81 bits per heavy atom. The van der Waals surface area contributed by atoms with E-state index in [1.807, 2.05) is 23.2 Å². The van der Waals surface area contributed by atoms with Gasteiger partial charge >= 0.3 is 0 Å². The van der Waals surface area contributed by atoms with Gasteiger partial charge in [0.05, 0.1) is 7.11 Å². The molecule has 5 rings (SSSR count). The number of amides is 1. The summed E-state index contributed by atoms with van der Waals surface area (Å²) in [7, 11) is 1.56. The van der Waals surface area contributed by atoms with Crippen LogP contribution in [0.15, 0.2) is 61.1 Å². The lowest BCUT2D eigenvalue weighted by atomic mass is 9.97. The predicted molar refractivity (Wildman–Crippen MR) is 117 cm³/mol. The molecular formula is C24H22FN5O2. The summed E-state index contributed by atoms with van der Waals surface area (Å²) in [6.07, 6.45) is 6.89. The molecular weight excluding hydrogens is 409 g/mol. The summed E-state index contributed by atoms with van der Waals surface area (Å²) in [5.74, 6) is 1.02. The largest absolute Gasteiger partial charge is 0.496 e. The van der Waals surface area contributed by atoms with Crippen LogP contribution in [0.4, 0.5) is 4.39 Å². The van der Waals surface area contributed by atoms with Crippen molar-refractivity contribution >= 4 is 11.6 Å². The van der Waals surface area contributed by atoms with E-state index in [1.165, 1.54) is 12.1 Å². The number of rotatable bonds is 4. The van der Waals surface area contributed by atoms with Crippen LogP contribution in [-0.4, -0.2) is 50.6 Å². The maximum absolute atomic E-state index is 13.8. The predicted octanol–water partition coefficient (Wildman–Crippen LogP) is 3.96. The molecule has 0 N–H and O–H groups in total. The van der Waals surface area contributed by atoms with E-state index in [-0.39, 0.29) is 17.6 Å². The molecule has 0 unspecified atom stereocenters. The fourth-order valence-electron chi connectivity index (χ4n) is 4.19. The van der Waals surface area contributed by atoms with Gasteiger partial charge in [0.15, 0.2) is 11.5 Å². The minimum Gasteiger partial charge on any atom is -0.496 e. The number of halogens is 1. The van der Waals surface area contributed by atoms with Gasteiger partial charge in [-0.3, -0.25) is 9.78 Å². The van der Waals surface area contributed by atoms with Crippen molar-refractivity contribution in [1.82, 2.24) is 24.5 Å². The minimum atomic E-state index is -0.332. The van der Waals surface area contributed by atoms with Crippen LogP contribution in [0.5, 0.6) is 5.75 Å². The molecule has 1 atom stereocenters. The molecule has 1 aromatic carbocycles. The van der Waals surface area contributed by atoms with E-state index < -0.39 is 0 Å². The van der Waals surface area contributed by atoms with Crippen LogP contribution in [0.1, 0.15) is 34.9 Å². The molecule has 7 nitrogen and oxygen atoms in total. The first kappa shape index (κ1) is 20.1. The zero-order valence-corrected chi connectivity index (χ0v) is 17.6. The van der Waals surface area contributed by atoms with E-state index in [9.17, 15) is 9.18 Å². The van der Waals surface area contributed by atoms with E-state index in [0.29, 0.717) is 41.4 Å². The summed E-state index contributed by atoms with van der Waals surface area (Å²) in [6, 6.07) is 11.6. The van der Waals surface area contributed by atoms with Crippen molar-refractivity contribution in [2.24, 2.45) is 0 Å². The van der Waals surface area contributed by atoms with Crippen molar-refractivity contribution in [3.63, 3.8) is 0 Å². The van der Waals surface area contributed by atoms with Crippen molar-refractivity contribution in [1.29, 1.82) is 0 Å². The number of likely N-dealkylation sites (tertiary alicyclic amines) is 1. The molecule has 0 saturated carbocycles. The molecule has 32 heavy (non-hydrogen) atoms. The number of methoxy groups -OCH3 is 1. The molecule has 3 aromatic heterocycles. The highest BCUT2D eigenvalue weighted by Gasteiger charge is 2.28. The standard InChI is InChI=1S/C24H22FN5O2/c1-32-21-6-5-19(25)13-20(21)17-4-7-22-27-23(28-30(22)15-17)18-3-2-12-29(14-18)24(31)16-8-10-26-11-9-16/h4-11,13,15,18H,2-3,12,14H2,1H3/t18-/m1/s1. The van der Waals surface area contributed by atoms with Gasteiger partial charge in [-0.25, -0.2) is 13.9 Å². The third-order valence-electron chi connectivity index (χ3n) is 5.82. The van der Waals surface area contributed by atoms with E-state index in [1.54, 1.807) is 42.2 Å². The second kappa shape index (κ2) is 8.37. The van der Waals surface area contributed by atoms with Crippen molar-refractivity contribution in [3.8, 4) is 16.9 Å². The van der Waals surface area contributed by atoms with Gasteiger partial charge < -0.3 is 9.64 Å². The van der Waals surface area contributed by atoms with E-state index in [4.69, 9.17) is 14.8 Å². The summed E-state index contributed by atoms with van der Waals surface area (Å²) in [5, 5.41) is 4.69. The number of pyridine rings is 2.